The first-order chi connectivity index (χ1) is 10.2. The Bertz CT molecular complexity index is 734. The molecule has 0 aliphatic heterocycles. The van der Waals surface area contributed by atoms with Crippen molar-refractivity contribution >= 4 is 17.2 Å². The van der Waals surface area contributed by atoms with Gasteiger partial charge in [0.25, 0.3) is 5.91 Å². The van der Waals surface area contributed by atoms with E-state index in [0.29, 0.717) is 11.4 Å². The highest BCUT2D eigenvalue weighted by atomic mass is 32.1. The quantitative estimate of drug-likeness (QED) is 0.805. The van der Waals surface area contributed by atoms with Crippen molar-refractivity contribution in [2.75, 3.05) is 0 Å². The largest absolute Gasteiger partial charge is 0.346 e. The number of rotatable bonds is 4. The lowest BCUT2D eigenvalue weighted by Gasteiger charge is -2.01. The number of nitrogens with one attached hydrogen (secondary N) is 1. The first-order valence-electron chi connectivity index (χ1n) is 6.54. The van der Waals surface area contributed by atoms with Crippen LogP contribution in [0, 0.1) is 6.92 Å². The highest BCUT2D eigenvalue weighted by Gasteiger charge is 2.11. The van der Waals surface area contributed by atoms with Gasteiger partial charge in [-0.15, -0.1) is 11.3 Å². The lowest BCUT2D eigenvalue weighted by molar-refractivity contribution is 0.0954. The van der Waals surface area contributed by atoms with Crippen LogP contribution >= 0.6 is 11.3 Å². The van der Waals surface area contributed by atoms with Gasteiger partial charge >= 0.3 is 0 Å². The molecule has 2 heterocycles. The number of aryl methyl sites for hydroxylation is 1. The van der Waals surface area contributed by atoms with Crippen molar-refractivity contribution in [3.8, 4) is 5.69 Å². The third-order valence-electron chi connectivity index (χ3n) is 3.03. The van der Waals surface area contributed by atoms with E-state index in [2.05, 4.69) is 15.5 Å². The van der Waals surface area contributed by atoms with Crippen LogP contribution in [0.15, 0.2) is 47.8 Å². The molecule has 1 amide bonds. The molecule has 3 rings (SSSR count). The molecular weight excluding hydrogens is 284 g/mol. The number of hydrogen-bond donors (Lipinski definition) is 1. The summed E-state index contributed by atoms with van der Waals surface area (Å²) in [4.78, 5) is 14.2. The fraction of sp³-hybridized carbons (Fsp3) is 0.133. The Kier molecular flexibility index (Phi) is 3.79. The number of nitrogens with zero attached hydrogens (tertiary/aromatic N) is 3. The molecular formula is C15H14N4OS. The number of benzene rings is 1. The molecule has 0 saturated carbocycles. The number of thiophene rings is 1. The van der Waals surface area contributed by atoms with Gasteiger partial charge in [0.15, 0.2) is 0 Å². The molecule has 2 aromatic heterocycles. The van der Waals surface area contributed by atoms with Crippen molar-refractivity contribution < 1.29 is 4.79 Å². The fourth-order valence-electron chi connectivity index (χ4n) is 1.91. The normalized spacial score (nSPS) is 10.5. The summed E-state index contributed by atoms with van der Waals surface area (Å²) in [6.45, 7) is 2.26. The zero-order valence-corrected chi connectivity index (χ0v) is 12.3. The van der Waals surface area contributed by atoms with Crippen molar-refractivity contribution in [1.82, 2.24) is 20.3 Å². The Morgan fingerprint density at radius 1 is 1.19 bits per heavy atom. The predicted molar refractivity (Wildman–Crippen MR) is 81.6 cm³/mol. The summed E-state index contributed by atoms with van der Waals surface area (Å²) in [6, 6.07) is 13.4. The second-order valence-corrected chi connectivity index (χ2v) is 5.46. The summed E-state index contributed by atoms with van der Waals surface area (Å²) in [5.41, 5.74) is 2.48. The first kappa shape index (κ1) is 13.5. The average molecular weight is 298 g/mol. The van der Waals surface area contributed by atoms with E-state index >= 15 is 0 Å². The third kappa shape index (κ3) is 3.00. The van der Waals surface area contributed by atoms with E-state index < -0.39 is 0 Å². The highest BCUT2D eigenvalue weighted by Crippen LogP contribution is 2.10. The zero-order valence-electron chi connectivity index (χ0n) is 11.5. The zero-order chi connectivity index (χ0) is 14.7. The summed E-state index contributed by atoms with van der Waals surface area (Å²) in [5, 5.41) is 13.5. The Morgan fingerprint density at radius 3 is 2.71 bits per heavy atom. The van der Waals surface area contributed by atoms with Crippen LogP contribution in [0.2, 0.25) is 0 Å². The summed E-state index contributed by atoms with van der Waals surface area (Å²) in [5.74, 6) is -0.0846. The van der Waals surface area contributed by atoms with Gasteiger partial charge in [0, 0.05) is 0 Å². The van der Waals surface area contributed by atoms with E-state index in [4.69, 9.17) is 0 Å². The van der Waals surface area contributed by atoms with Gasteiger partial charge in [-0.2, -0.15) is 15.0 Å². The molecule has 6 heteroatoms. The molecule has 1 aromatic carbocycles. The highest BCUT2D eigenvalue weighted by molar-refractivity contribution is 7.12. The van der Waals surface area contributed by atoms with Crippen LogP contribution < -0.4 is 5.32 Å². The van der Waals surface area contributed by atoms with E-state index in [-0.39, 0.29) is 5.91 Å². The smallest absolute Gasteiger partial charge is 0.261 e. The lowest BCUT2D eigenvalue weighted by Crippen LogP contribution is -2.22. The van der Waals surface area contributed by atoms with Crippen molar-refractivity contribution in [3.05, 3.63) is 64.1 Å². The molecule has 0 saturated heterocycles. The van der Waals surface area contributed by atoms with Crippen LogP contribution in [0.5, 0.6) is 0 Å². The van der Waals surface area contributed by atoms with Gasteiger partial charge in [-0.3, -0.25) is 4.79 Å². The fourth-order valence-corrected chi connectivity index (χ4v) is 2.55. The summed E-state index contributed by atoms with van der Waals surface area (Å²) < 4.78 is 0. The van der Waals surface area contributed by atoms with E-state index in [1.807, 2.05) is 48.7 Å². The SMILES string of the molecule is Cc1nn(-c2ccccc2)nc1CNC(=O)c1cccs1. The van der Waals surface area contributed by atoms with Crippen molar-refractivity contribution in [1.29, 1.82) is 0 Å². The first-order valence-corrected chi connectivity index (χ1v) is 7.42. The number of carbonyl (C=O) groups is 1. The average Bonchev–Trinajstić information content (AvgIpc) is 3.16. The van der Waals surface area contributed by atoms with Gasteiger partial charge in [0.2, 0.25) is 0 Å². The van der Waals surface area contributed by atoms with Crippen LogP contribution in [0.4, 0.5) is 0 Å². The molecule has 106 valence electrons. The van der Waals surface area contributed by atoms with Crippen LogP contribution in [-0.2, 0) is 6.54 Å². The Labute approximate surface area is 126 Å². The third-order valence-corrected chi connectivity index (χ3v) is 3.89. The molecule has 0 aliphatic carbocycles. The number of amides is 1. The minimum atomic E-state index is -0.0846. The number of hydrogen-bond acceptors (Lipinski definition) is 4. The standard InChI is InChI=1S/C15H14N4OS/c1-11-13(10-16-15(20)14-8-5-9-21-14)18-19(17-11)12-6-3-2-4-7-12/h2-9H,10H2,1H3,(H,16,20). The molecule has 0 spiro atoms. The van der Waals surface area contributed by atoms with Crippen LogP contribution in [0.3, 0.4) is 0 Å². The molecule has 3 aromatic rings. The molecule has 0 bridgehead atoms. The molecule has 0 unspecified atom stereocenters. The Balaban J connectivity index is 1.72. The van der Waals surface area contributed by atoms with Crippen LogP contribution in [0.1, 0.15) is 21.1 Å². The molecule has 5 nitrogen and oxygen atoms in total. The molecule has 0 atom stereocenters. The number of carbonyl (C=O) groups excluding carboxylic acids is 1. The van der Waals surface area contributed by atoms with Gasteiger partial charge in [-0.05, 0) is 30.5 Å². The predicted octanol–water partition coefficient (Wildman–Crippen LogP) is 2.57. The second kappa shape index (κ2) is 5.88. The minimum Gasteiger partial charge on any atom is -0.346 e. The summed E-state index contributed by atoms with van der Waals surface area (Å²) >= 11 is 1.42. The maximum Gasteiger partial charge on any atom is 0.261 e. The summed E-state index contributed by atoms with van der Waals surface area (Å²) in [7, 11) is 0. The van der Waals surface area contributed by atoms with E-state index in [0.717, 1.165) is 17.1 Å². The van der Waals surface area contributed by atoms with E-state index in [1.54, 1.807) is 10.9 Å². The summed E-state index contributed by atoms with van der Waals surface area (Å²) in [6.07, 6.45) is 0. The number of para-hydroxylation sites is 1. The molecule has 0 aliphatic rings. The van der Waals surface area contributed by atoms with E-state index in [9.17, 15) is 4.79 Å². The monoisotopic (exact) mass is 298 g/mol. The Morgan fingerprint density at radius 2 is 2.00 bits per heavy atom. The Hall–Kier alpha value is -2.47. The van der Waals surface area contributed by atoms with E-state index in [1.165, 1.54) is 11.3 Å². The molecule has 0 radical (unpaired) electrons. The van der Waals surface area contributed by atoms with Crippen LogP contribution in [0.25, 0.3) is 5.69 Å². The van der Waals surface area contributed by atoms with Gasteiger partial charge in [-0.1, -0.05) is 24.3 Å². The van der Waals surface area contributed by atoms with Gasteiger partial charge in [0.05, 0.1) is 22.8 Å². The van der Waals surface area contributed by atoms with Gasteiger partial charge in [0.1, 0.15) is 5.69 Å². The van der Waals surface area contributed by atoms with Crippen LogP contribution in [-0.4, -0.2) is 20.9 Å². The minimum absolute atomic E-state index is 0.0846. The molecule has 0 fully saturated rings. The van der Waals surface area contributed by atoms with Gasteiger partial charge < -0.3 is 5.32 Å². The lowest BCUT2D eigenvalue weighted by atomic mass is 10.3. The van der Waals surface area contributed by atoms with Gasteiger partial charge in [-0.25, -0.2) is 0 Å². The second-order valence-electron chi connectivity index (χ2n) is 4.52. The van der Waals surface area contributed by atoms with Crippen molar-refractivity contribution in [2.24, 2.45) is 0 Å². The number of aromatic nitrogens is 3. The topological polar surface area (TPSA) is 59.8 Å². The molecule has 21 heavy (non-hydrogen) atoms. The maximum absolute atomic E-state index is 11.9. The van der Waals surface area contributed by atoms with Crippen molar-refractivity contribution in [3.63, 3.8) is 0 Å². The molecule has 1 N–H and O–H groups in total. The van der Waals surface area contributed by atoms with Crippen molar-refractivity contribution in [2.45, 2.75) is 13.5 Å². The maximum atomic E-state index is 11.9.